The molecule has 0 bridgehead atoms. The molecule has 39 heavy (non-hydrogen) atoms. The number of anilines is 2. The van der Waals surface area contributed by atoms with Crippen molar-refractivity contribution in [1.29, 1.82) is 0 Å². The minimum Gasteiger partial charge on any atom is -0.357 e. The van der Waals surface area contributed by atoms with Crippen molar-refractivity contribution in [2.45, 2.75) is 25.9 Å². The average Bonchev–Trinajstić information content (AvgIpc) is 3.37. The molecule has 3 heterocycles. The van der Waals surface area contributed by atoms with Crippen LogP contribution >= 0.6 is 11.6 Å². The topological polar surface area (TPSA) is 113 Å². The Kier molecular flexibility index (Phi) is 5.76. The summed E-state index contributed by atoms with van der Waals surface area (Å²) < 4.78 is 0. The maximum absolute atomic E-state index is 14.0. The monoisotopic (exact) mass is 542 g/mol. The predicted octanol–water partition coefficient (Wildman–Crippen LogP) is 5.02. The molecule has 9 nitrogen and oxygen atoms in total. The standard InChI is InChI=1S/C29H23ClN4O5/c1-15-11-16(2)13-19(12-15)33-28(36)23-24(29(33)37)26(32-10-9-17-5-3-4-6-20(17)25(23)32)27(35)31-18-7-8-21(30)22(14-18)34(38)39/h3-14,23-26H,1-2H3,(H,31,35)/t23-,24+,25?,26-/m1/s1. The Labute approximate surface area is 228 Å². The van der Waals surface area contributed by atoms with Gasteiger partial charge in [-0.2, -0.15) is 0 Å². The number of rotatable bonds is 4. The number of halogens is 1. The smallest absolute Gasteiger partial charge is 0.289 e. The molecule has 0 aliphatic carbocycles. The zero-order valence-corrected chi connectivity index (χ0v) is 21.8. The summed E-state index contributed by atoms with van der Waals surface area (Å²) in [5.74, 6) is -3.09. The van der Waals surface area contributed by atoms with Crippen LogP contribution < -0.4 is 10.2 Å². The van der Waals surface area contributed by atoms with Crippen LogP contribution in [0.4, 0.5) is 17.1 Å². The second-order valence-electron chi connectivity index (χ2n) is 10.1. The summed E-state index contributed by atoms with van der Waals surface area (Å²) in [7, 11) is 0. The van der Waals surface area contributed by atoms with Crippen molar-refractivity contribution in [3.8, 4) is 0 Å². The van der Waals surface area contributed by atoms with Crippen LogP contribution in [0.3, 0.4) is 0 Å². The van der Waals surface area contributed by atoms with Crippen molar-refractivity contribution < 1.29 is 19.3 Å². The molecule has 0 aromatic heterocycles. The molecule has 0 spiro atoms. The SMILES string of the molecule is Cc1cc(C)cc(N2C(=O)[C@H]3[C@@H](C2=O)C2c4ccccc4C=CN2[C@H]3C(=O)Nc2ccc(Cl)c([N+](=O)[O-])c2)c1. The van der Waals surface area contributed by atoms with Crippen molar-refractivity contribution in [2.75, 3.05) is 10.2 Å². The van der Waals surface area contributed by atoms with Gasteiger partial charge in [0.1, 0.15) is 11.1 Å². The summed E-state index contributed by atoms with van der Waals surface area (Å²) in [4.78, 5) is 55.5. The zero-order chi connectivity index (χ0) is 27.6. The summed E-state index contributed by atoms with van der Waals surface area (Å²) >= 11 is 5.94. The van der Waals surface area contributed by atoms with Gasteiger partial charge in [-0.3, -0.25) is 24.5 Å². The van der Waals surface area contributed by atoms with Gasteiger partial charge in [0.05, 0.1) is 28.5 Å². The number of carbonyl (C=O) groups excluding carboxylic acids is 3. The number of nitro benzene ring substituents is 1. The third-order valence-corrected chi connectivity index (χ3v) is 7.92. The Balaban J connectivity index is 1.43. The van der Waals surface area contributed by atoms with E-state index in [-0.39, 0.29) is 22.3 Å². The molecule has 3 aliphatic rings. The van der Waals surface area contributed by atoms with Gasteiger partial charge in [-0.25, -0.2) is 4.90 Å². The molecule has 6 rings (SSSR count). The Bertz CT molecular complexity index is 1600. The summed E-state index contributed by atoms with van der Waals surface area (Å²) in [6.45, 7) is 3.79. The Hall–Kier alpha value is -4.50. The summed E-state index contributed by atoms with van der Waals surface area (Å²) in [6.07, 6.45) is 3.61. The van der Waals surface area contributed by atoms with Gasteiger partial charge in [0.2, 0.25) is 17.7 Å². The largest absolute Gasteiger partial charge is 0.357 e. The van der Waals surface area contributed by atoms with E-state index in [9.17, 15) is 24.5 Å². The lowest BCUT2D eigenvalue weighted by Crippen LogP contribution is -2.46. The van der Waals surface area contributed by atoms with E-state index >= 15 is 0 Å². The molecule has 196 valence electrons. The third-order valence-electron chi connectivity index (χ3n) is 7.61. The fourth-order valence-corrected chi connectivity index (χ4v) is 6.32. The van der Waals surface area contributed by atoms with Gasteiger partial charge in [-0.15, -0.1) is 0 Å². The number of hydrogen-bond acceptors (Lipinski definition) is 6. The van der Waals surface area contributed by atoms with Gasteiger partial charge in [-0.05, 0) is 66.4 Å². The lowest BCUT2D eigenvalue weighted by atomic mass is 9.84. The summed E-state index contributed by atoms with van der Waals surface area (Å²) in [5, 5.41) is 14.0. The summed E-state index contributed by atoms with van der Waals surface area (Å²) in [6, 6.07) is 15.6. The molecule has 10 heteroatoms. The fraction of sp³-hybridized carbons (Fsp3) is 0.207. The van der Waals surface area contributed by atoms with E-state index in [0.717, 1.165) is 22.3 Å². The van der Waals surface area contributed by atoms with E-state index in [1.54, 1.807) is 23.2 Å². The highest BCUT2D eigenvalue weighted by Gasteiger charge is 2.64. The van der Waals surface area contributed by atoms with Crippen LogP contribution in [0.2, 0.25) is 5.02 Å². The highest BCUT2D eigenvalue weighted by molar-refractivity contribution is 6.32. The Morgan fingerprint density at radius 2 is 1.67 bits per heavy atom. The minimum absolute atomic E-state index is 0.0600. The molecule has 3 aromatic rings. The molecular formula is C29H23ClN4O5. The molecule has 3 aliphatic heterocycles. The van der Waals surface area contributed by atoms with Crippen LogP contribution in [0.25, 0.3) is 6.08 Å². The van der Waals surface area contributed by atoms with Crippen molar-refractivity contribution in [3.63, 3.8) is 0 Å². The van der Waals surface area contributed by atoms with Crippen LogP contribution in [-0.4, -0.2) is 33.6 Å². The van der Waals surface area contributed by atoms with E-state index in [1.807, 2.05) is 50.3 Å². The van der Waals surface area contributed by atoms with Gasteiger partial charge in [0.15, 0.2) is 0 Å². The number of benzene rings is 3. The first-order chi connectivity index (χ1) is 18.7. The van der Waals surface area contributed by atoms with Crippen molar-refractivity contribution in [1.82, 2.24) is 4.90 Å². The highest BCUT2D eigenvalue weighted by atomic mass is 35.5. The number of nitro groups is 1. The lowest BCUT2D eigenvalue weighted by Gasteiger charge is -2.35. The van der Waals surface area contributed by atoms with Crippen LogP contribution in [0.1, 0.15) is 28.3 Å². The molecule has 0 radical (unpaired) electrons. The van der Waals surface area contributed by atoms with Gasteiger partial charge >= 0.3 is 0 Å². The minimum atomic E-state index is -1.02. The molecule has 1 unspecified atom stereocenters. The molecule has 2 fully saturated rings. The van der Waals surface area contributed by atoms with Crippen LogP contribution in [0.5, 0.6) is 0 Å². The number of imide groups is 1. The quantitative estimate of drug-likeness (QED) is 0.281. The number of nitrogens with one attached hydrogen (secondary N) is 1. The van der Waals surface area contributed by atoms with E-state index in [2.05, 4.69) is 5.32 Å². The third kappa shape index (κ3) is 3.88. The van der Waals surface area contributed by atoms with E-state index in [4.69, 9.17) is 11.6 Å². The van der Waals surface area contributed by atoms with Crippen LogP contribution in [-0.2, 0) is 14.4 Å². The second kappa shape index (κ2) is 9.06. The van der Waals surface area contributed by atoms with Crippen molar-refractivity contribution in [2.24, 2.45) is 11.8 Å². The number of nitrogens with zero attached hydrogens (tertiary/aromatic N) is 3. The number of aryl methyl sites for hydroxylation is 2. The molecule has 2 saturated heterocycles. The first-order valence-electron chi connectivity index (χ1n) is 12.4. The van der Waals surface area contributed by atoms with E-state index in [1.165, 1.54) is 23.1 Å². The molecule has 4 atom stereocenters. The second-order valence-corrected chi connectivity index (χ2v) is 10.5. The first kappa shape index (κ1) is 24.8. The molecule has 3 aromatic carbocycles. The van der Waals surface area contributed by atoms with Gasteiger partial charge in [-0.1, -0.05) is 41.9 Å². The maximum Gasteiger partial charge on any atom is 0.289 e. The highest BCUT2D eigenvalue weighted by Crippen LogP contribution is 2.53. The number of carbonyl (C=O) groups is 3. The average molecular weight is 543 g/mol. The Morgan fingerprint density at radius 1 is 0.974 bits per heavy atom. The molecular weight excluding hydrogens is 520 g/mol. The van der Waals surface area contributed by atoms with E-state index < -0.39 is 40.7 Å². The van der Waals surface area contributed by atoms with Gasteiger partial charge in [0, 0.05) is 18.0 Å². The fourth-order valence-electron chi connectivity index (χ4n) is 6.14. The zero-order valence-electron chi connectivity index (χ0n) is 21.0. The van der Waals surface area contributed by atoms with Crippen LogP contribution in [0.15, 0.2) is 66.9 Å². The van der Waals surface area contributed by atoms with Crippen LogP contribution in [0, 0.1) is 35.8 Å². The van der Waals surface area contributed by atoms with Crippen molar-refractivity contribution >= 4 is 52.5 Å². The van der Waals surface area contributed by atoms with Gasteiger partial charge in [0.25, 0.3) is 5.69 Å². The first-order valence-corrected chi connectivity index (χ1v) is 12.8. The maximum atomic E-state index is 14.0. The summed E-state index contributed by atoms with van der Waals surface area (Å²) in [5.41, 5.74) is 3.89. The number of amides is 3. The Morgan fingerprint density at radius 3 is 2.38 bits per heavy atom. The lowest BCUT2D eigenvalue weighted by molar-refractivity contribution is -0.384. The van der Waals surface area contributed by atoms with E-state index in [0.29, 0.717) is 5.69 Å². The normalized spacial score (nSPS) is 22.9. The number of hydrogen-bond donors (Lipinski definition) is 1. The molecule has 0 saturated carbocycles. The molecule has 1 N–H and O–H groups in total. The van der Waals surface area contributed by atoms with Crippen molar-refractivity contribution in [3.05, 3.63) is 104 Å². The molecule has 3 amide bonds. The van der Waals surface area contributed by atoms with Gasteiger partial charge < -0.3 is 10.2 Å². The predicted molar refractivity (Wildman–Crippen MR) is 146 cm³/mol. The number of fused-ring (bicyclic) bond motifs is 5.